The van der Waals surface area contributed by atoms with Crippen LogP contribution in [-0.2, 0) is 6.54 Å². The van der Waals surface area contributed by atoms with Crippen molar-refractivity contribution in [3.8, 4) is 0 Å². The molecule has 0 aliphatic heterocycles. The molecule has 0 bridgehead atoms. The molecule has 0 atom stereocenters. The van der Waals surface area contributed by atoms with Crippen molar-refractivity contribution in [1.29, 1.82) is 0 Å². The Labute approximate surface area is 91.6 Å². The van der Waals surface area contributed by atoms with Gasteiger partial charge in [-0.25, -0.2) is 19.9 Å². The monoisotopic (exact) mass is 221 g/mol. The van der Waals surface area contributed by atoms with Crippen molar-refractivity contribution >= 4 is 17.4 Å². The maximum absolute atomic E-state index is 5.71. The van der Waals surface area contributed by atoms with Gasteiger partial charge in [-0.3, -0.25) is 0 Å². The van der Waals surface area contributed by atoms with E-state index in [1.165, 1.54) is 12.7 Å². The molecule has 0 aliphatic carbocycles. The Hall–Kier alpha value is -1.75. The van der Waals surface area contributed by atoms with E-state index in [0.717, 1.165) is 5.69 Å². The molecule has 0 fully saturated rings. The first-order chi connectivity index (χ1) is 7.34. The van der Waals surface area contributed by atoms with Crippen LogP contribution in [0.3, 0.4) is 0 Å². The zero-order valence-corrected chi connectivity index (χ0v) is 8.52. The molecule has 0 saturated carbocycles. The van der Waals surface area contributed by atoms with Crippen LogP contribution in [0.1, 0.15) is 5.69 Å². The highest BCUT2D eigenvalue weighted by molar-refractivity contribution is 6.29. The van der Waals surface area contributed by atoms with E-state index in [9.17, 15) is 0 Å². The van der Waals surface area contributed by atoms with Crippen molar-refractivity contribution < 1.29 is 0 Å². The molecule has 2 heterocycles. The molecule has 15 heavy (non-hydrogen) atoms. The minimum atomic E-state index is 0.412. The number of aromatic nitrogens is 4. The summed E-state index contributed by atoms with van der Waals surface area (Å²) in [6.45, 7) is 0.579. The van der Waals surface area contributed by atoms with Crippen LogP contribution >= 0.6 is 11.6 Å². The third-order valence-electron chi connectivity index (χ3n) is 1.73. The molecule has 6 heteroatoms. The van der Waals surface area contributed by atoms with Gasteiger partial charge in [0.25, 0.3) is 0 Å². The van der Waals surface area contributed by atoms with Gasteiger partial charge >= 0.3 is 0 Å². The van der Waals surface area contributed by atoms with Crippen LogP contribution < -0.4 is 5.32 Å². The Morgan fingerprint density at radius 3 is 2.87 bits per heavy atom. The molecule has 0 aromatic carbocycles. The van der Waals surface area contributed by atoms with E-state index in [4.69, 9.17) is 11.6 Å². The fourth-order valence-corrected chi connectivity index (χ4v) is 1.18. The minimum Gasteiger partial charge on any atom is -0.364 e. The summed E-state index contributed by atoms with van der Waals surface area (Å²) in [4.78, 5) is 15.7. The normalized spacial score (nSPS) is 9.93. The number of hydrogen-bond donors (Lipinski definition) is 1. The summed E-state index contributed by atoms with van der Waals surface area (Å²) in [6.07, 6.45) is 4.60. The van der Waals surface area contributed by atoms with E-state index in [2.05, 4.69) is 25.3 Å². The minimum absolute atomic E-state index is 0.412. The van der Waals surface area contributed by atoms with Gasteiger partial charge in [0.1, 0.15) is 23.6 Å². The topological polar surface area (TPSA) is 63.6 Å². The summed E-state index contributed by atoms with van der Waals surface area (Å²) < 4.78 is 0. The summed E-state index contributed by atoms with van der Waals surface area (Å²) in [5.41, 5.74) is 0.889. The van der Waals surface area contributed by atoms with Crippen LogP contribution in [0.2, 0.25) is 5.15 Å². The molecule has 2 aromatic heterocycles. The molecule has 1 N–H and O–H groups in total. The fraction of sp³-hybridized carbons (Fsp3) is 0.111. The summed E-state index contributed by atoms with van der Waals surface area (Å²) in [6, 6.07) is 3.48. The lowest BCUT2D eigenvalue weighted by Gasteiger charge is -2.03. The zero-order chi connectivity index (χ0) is 10.5. The maximum Gasteiger partial charge on any atom is 0.134 e. The highest BCUT2D eigenvalue weighted by atomic mass is 35.5. The molecular weight excluding hydrogens is 214 g/mol. The summed E-state index contributed by atoms with van der Waals surface area (Å²) in [5, 5.41) is 3.49. The lowest BCUT2D eigenvalue weighted by Crippen LogP contribution is -2.03. The van der Waals surface area contributed by atoms with Gasteiger partial charge in [0.05, 0.1) is 12.2 Å². The molecule has 0 aliphatic rings. The Morgan fingerprint density at radius 2 is 2.13 bits per heavy atom. The van der Waals surface area contributed by atoms with Crippen LogP contribution in [0, 0.1) is 0 Å². The van der Waals surface area contributed by atoms with Gasteiger partial charge < -0.3 is 5.32 Å². The molecule has 0 radical (unpaired) electrons. The number of nitrogens with zero attached hydrogens (tertiary/aromatic N) is 4. The Morgan fingerprint density at radius 1 is 1.20 bits per heavy atom. The molecule has 0 unspecified atom stereocenters. The van der Waals surface area contributed by atoms with Crippen molar-refractivity contribution in [1.82, 2.24) is 19.9 Å². The van der Waals surface area contributed by atoms with Crippen LogP contribution in [0.4, 0.5) is 5.82 Å². The van der Waals surface area contributed by atoms with Crippen LogP contribution in [0.5, 0.6) is 0 Å². The number of anilines is 1. The first kappa shape index (κ1) is 9.79. The van der Waals surface area contributed by atoms with E-state index in [1.807, 2.05) is 6.07 Å². The quantitative estimate of drug-likeness (QED) is 0.797. The van der Waals surface area contributed by atoms with Crippen molar-refractivity contribution in [2.45, 2.75) is 6.54 Å². The third kappa shape index (κ3) is 2.85. The van der Waals surface area contributed by atoms with Crippen LogP contribution in [0.25, 0.3) is 0 Å². The molecule has 5 nitrogen and oxygen atoms in total. The van der Waals surface area contributed by atoms with Gasteiger partial charge in [-0.05, 0) is 6.07 Å². The Balaban J connectivity index is 1.99. The van der Waals surface area contributed by atoms with Crippen LogP contribution in [0.15, 0.2) is 31.0 Å². The molecule has 0 amide bonds. The van der Waals surface area contributed by atoms with Crippen molar-refractivity contribution in [2.24, 2.45) is 0 Å². The number of rotatable bonds is 3. The highest BCUT2D eigenvalue weighted by Gasteiger charge is 1.96. The van der Waals surface area contributed by atoms with Gasteiger partial charge in [0.15, 0.2) is 0 Å². The average Bonchev–Trinajstić information content (AvgIpc) is 2.28. The van der Waals surface area contributed by atoms with E-state index in [0.29, 0.717) is 17.5 Å². The SMILES string of the molecule is Clc1cc(NCc2ccncn2)ncn1. The molecule has 76 valence electrons. The van der Waals surface area contributed by atoms with Crippen molar-refractivity contribution in [3.63, 3.8) is 0 Å². The average molecular weight is 222 g/mol. The van der Waals surface area contributed by atoms with E-state index < -0.39 is 0 Å². The predicted octanol–water partition coefficient (Wildman–Crippen LogP) is 1.53. The highest BCUT2D eigenvalue weighted by Crippen LogP contribution is 2.09. The van der Waals surface area contributed by atoms with Crippen LogP contribution in [-0.4, -0.2) is 19.9 Å². The largest absolute Gasteiger partial charge is 0.364 e. The number of nitrogens with one attached hydrogen (secondary N) is 1. The first-order valence-electron chi connectivity index (χ1n) is 4.31. The zero-order valence-electron chi connectivity index (χ0n) is 7.76. The van der Waals surface area contributed by atoms with Gasteiger partial charge in [-0.1, -0.05) is 11.6 Å². The van der Waals surface area contributed by atoms with Gasteiger partial charge in [-0.15, -0.1) is 0 Å². The van der Waals surface area contributed by atoms with Crippen molar-refractivity contribution in [2.75, 3.05) is 5.32 Å². The summed E-state index contributed by atoms with van der Waals surface area (Å²) in [5.74, 6) is 0.675. The number of halogens is 1. The smallest absolute Gasteiger partial charge is 0.134 e. The van der Waals surface area contributed by atoms with Gasteiger partial charge in [0, 0.05) is 12.3 Å². The van der Waals surface area contributed by atoms with Gasteiger partial charge in [-0.2, -0.15) is 0 Å². The Bertz CT molecular complexity index is 434. The molecule has 0 saturated heterocycles. The lowest BCUT2D eigenvalue weighted by atomic mass is 10.4. The molecule has 2 rings (SSSR count). The lowest BCUT2D eigenvalue weighted by molar-refractivity contribution is 0.991. The second kappa shape index (κ2) is 4.65. The van der Waals surface area contributed by atoms with E-state index in [-0.39, 0.29) is 0 Å². The molecule has 0 spiro atoms. The van der Waals surface area contributed by atoms with E-state index >= 15 is 0 Å². The maximum atomic E-state index is 5.71. The molecular formula is C9H8ClN5. The standard InChI is InChI=1S/C9H8ClN5/c10-8-3-9(15-6-14-8)12-4-7-1-2-11-5-13-7/h1-3,5-6H,4H2,(H,12,14,15). The predicted molar refractivity (Wildman–Crippen MR) is 56.4 cm³/mol. The molecule has 2 aromatic rings. The van der Waals surface area contributed by atoms with Gasteiger partial charge in [0.2, 0.25) is 0 Å². The number of hydrogen-bond acceptors (Lipinski definition) is 5. The third-order valence-corrected chi connectivity index (χ3v) is 1.93. The van der Waals surface area contributed by atoms with Crippen molar-refractivity contribution in [3.05, 3.63) is 41.8 Å². The van der Waals surface area contributed by atoms with E-state index in [1.54, 1.807) is 12.3 Å². The second-order valence-corrected chi connectivity index (χ2v) is 3.17. The fourth-order valence-electron chi connectivity index (χ4n) is 1.03. The summed E-state index contributed by atoms with van der Waals surface area (Å²) in [7, 11) is 0. The first-order valence-corrected chi connectivity index (χ1v) is 4.69. The second-order valence-electron chi connectivity index (χ2n) is 2.78. The summed E-state index contributed by atoms with van der Waals surface area (Å²) >= 11 is 5.71. The Kier molecular flexibility index (Phi) is 3.04.